The molecule has 0 spiro atoms. The zero-order valence-corrected chi connectivity index (χ0v) is 25.6. The largest absolute Gasteiger partial charge is 0.495 e. The zero-order chi connectivity index (χ0) is 31.6. The van der Waals surface area contributed by atoms with Crippen molar-refractivity contribution in [1.29, 1.82) is 0 Å². The summed E-state index contributed by atoms with van der Waals surface area (Å²) in [4.78, 5) is 40.7. The molecule has 3 amide bonds. The Kier molecular flexibility index (Phi) is 10.4. The van der Waals surface area contributed by atoms with Crippen LogP contribution in [0.25, 0.3) is 6.08 Å². The van der Waals surface area contributed by atoms with Gasteiger partial charge in [0.2, 0.25) is 5.91 Å². The average Bonchev–Trinajstić information content (AvgIpc) is 3.57. The third kappa shape index (κ3) is 8.44. The molecule has 0 fully saturated rings. The van der Waals surface area contributed by atoms with E-state index in [1.807, 2.05) is 36.4 Å². The fraction of sp³-hybridized carbons (Fsp3) is 0.0571. The first kappa shape index (κ1) is 31.2. The predicted octanol–water partition coefficient (Wildman–Crippen LogP) is 7.82. The minimum absolute atomic E-state index is 0.00568. The SMILES string of the molecule is COc1ccc(Cl)cc1NC(=O)C(Sc1cccc(NC(=O)/C(=C/c2ccco2)NC(=O)c2ccccc2)c1)c1ccccc1. The molecule has 10 heteroatoms. The topological polar surface area (TPSA) is 110 Å². The van der Waals surface area contributed by atoms with Crippen LogP contribution in [0.1, 0.15) is 26.9 Å². The van der Waals surface area contributed by atoms with E-state index in [0.717, 1.165) is 10.5 Å². The van der Waals surface area contributed by atoms with Gasteiger partial charge in [0.25, 0.3) is 11.8 Å². The highest BCUT2D eigenvalue weighted by Crippen LogP contribution is 2.38. The number of carbonyl (C=O) groups is 3. The van der Waals surface area contributed by atoms with Gasteiger partial charge in [-0.1, -0.05) is 66.2 Å². The number of furan rings is 1. The van der Waals surface area contributed by atoms with Gasteiger partial charge >= 0.3 is 0 Å². The Bertz CT molecular complexity index is 1810. The number of carbonyl (C=O) groups excluding carboxylic acids is 3. The van der Waals surface area contributed by atoms with Crippen molar-refractivity contribution in [3.05, 3.63) is 149 Å². The third-order valence-electron chi connectivity index (χ3n) is 6.46. The lowest BCUT2D eigenvalue weighted by molar-refractivity contribution is -0.116. The standard InChI is InChI=1S/C35H28ClN3O5S/c1-43-31-18-17-25(36)20-29(31)38-35(42)32(23-10-4-2-5-11-23)45-28-16-8-14-26(21-28)37-34(41)30(22-27-15-9-19-44-27)39-33(40)24-12-6-3-7-13-24/h2-22,32H,1H3,(H,37,41)(H,38,42)(H,39,40)/b30-22-. The van der Waals surface area contributed by atoms with Crippen molar-refractivity contribution in [3.8, 4) is 5.75 Å². The molecule has 0 aliphatic heterocycles. The molecule has 0 saturated carbocycles. The maximum Gasteiger partial charge on any atom is 0.272 e. The number of methoxy groups -OCH3 is 1. The second-order valence-electron chi connectivity index (χ2n) is 9.62. The van der Waals surface area contributed by atoms with Gasteiger partial charge in [0.05, 0.1) is 19.1 Å². The van der Waals surface area contributed by atoms with Crippen molar-refractivity contribution < 1.29 is 23.5 Å². The first-order chi connectivity index (χ1) is 21.9. The van der Waals surface area contributed by atoms with Crippen LogP contribution in [0.5, 0.6) is 5.75 Å². The Morgan fingerprint density at radius 3 is 2.31 bits per heavy atom. The summed E-state index contributed by atoms with van der Waals surface area (Å²) in [6, 6.07) is 33.4. The zero-order valence-electron chi connectivity index (χ0n) is 24.0. The predicted molar refractivity (Wildman–Crippen MR) is 177 cm³/mol. The van der Waals surface area contributed by atoms with E-state index in [0.29, 0.717) is 33.5 Å². The van der Waals surface area contributed by atoms with Gasteiger partial charge in [0.15, 0.2) is 0 Å². The number of amides is 3. The van der Waals surface area contributed by atoms with Gasteiger partial charge in [-0.15, -0.1) is 11.8 Å². The molecule has 0 aliphatic rings. The van der Waals surface area contributed by atoms with Gasteiger partial charge in [-0.2, -0.15) is 0 Å². The number of hydrogen-bond donors (Lipinski definition) is 3. The van der Waals surface area contributed by atoms with E-state index in [9.17, 15) is 14.4 Å². The van der Waals surface area contributed by atoms with Crippen LogP contribution in [0.4, 0.5) is 11.4 Å². The minimum atomic E-state index is -0.652. The molecule has 1 heterocycles. The summed E-state index contributed by atoms with van der Waals surface area (Å²) in [5.41, 5.74) is 2.09. The van der Waals surface area contributed by atoms with Gasteiger partial charge in [0, 0.05) is 27.2 Å². The van der Waals surface area contributed by atoms with Crippen LogP contribution in [-0.4, -0.2) is 24.8 Å². The Labute approximate surface area is 269 Å². The van der Waals surface area contributed by atoms with E-state index in [1.165, 1.54) is 31.2 Å². The summed E-state index contributed by atoms with van der Waals surface area (Å²) >= 11 is 7.50. The average molecular weight is 638 g/mol. The van der Waals surface area contributed by atoms with E-state index < -0.39 is 17.1 Å². The molecule has 0 radical (unpaired) electrons. The number of thioether (sulfide) groups is 1. The van der Waals surface area contributed by atoms with Crippen LogP contribution in [0.2, 0.25) is 5.02 Å². The highest BCUT2D eigenvalue weighted by atomic mass is 35.5. The lowest BCUT2D eigenvalue weighted by Gasteiger charge is -2.19. The Balaban J connectivity index is 1.37. The summed E-state index contributed by atoms with van der Waals surface area (Å²) < 4.78 is 10.8. The van der Waals surface area contributed by atoms with Crippen molar-refractivity contribution in [2.24, 2.45) is 0 Å². The van der Waals surface area contributed by atoms with Crippen LogP contribution < -0.4 is 20.7 Å². The van der Waals surface area contributed by atoms with Crippen molar-refractivity contribution in [1.82, 2.24) is 5.32 Å². The Hall–Kier alpha value is -5.25. The Morgan fingerprint density at radius 1 is 0.844 bits per heavy atom. The fourth-order valence-electron chi connectivity index (χ4n) is 4.32. The molecular weight excluding hydrogens is 610 g/mol. The van der Waals surface area contributed by atoms with Crippen LogP contribution >= 0.6 is 23.4 Å². The van der Waals surface area contributed by atoms with E-state index >= 15 is 0 Å². The quantitative estimate of drug-likeness (QED) is 0.101. The number of hydrogen-bond acceptors (Lipinski definition) is 6. The molecule has 1 aromatic heterocycles. The number of benzene rings is 4. The third-order valence-corrected chi connectivity index (χ3v) is 7.95. The van der Waals surface area contributed by atoms with E-state index in [2.05, 4.69) is 16.0 Å². The molecule has 0 aliphatic carbocycles. The summed E-state index contributed by atoms with van der Waals surface area (Å²) in [6.45, 7) is 0. The lowest BCUT2D eigenvalue weighted by Crippen LogP contribution is -2.30. The number of ether oxygens (including phenoxy) is 1. The lowest BCUT2D eigenvalue weighted by atomic mass is 10.1. The fourth-order valence-corrected chi connectivity index (χ4v) is 5.57. The molecule has 5 rings (SSSR count). The van der Waals surface area contributed by atoms with Crippen LogP contribution in [0, 0.1) is 0 Å². The molecular formula is C35H28ClN3O5S. The second-order valence-corrected chi connectivity index (χ2v) is 11.2. The maximum atomic E-state index is 13.7. The van der Waals surface area contributed by atoms with Gasteiger partial charge in [-0.25, -0.2) is 0 Å². The van der Waals surface area contributed by atoms with Crippen LogP contribution in [0.3, 0.4) is 0 Å². The van der Waals surface area contributed by atoms with Crippen molar-refractivity contribution >= 4 is 58.5 Å². The monoisotopic (exact) mass is 637 g/mol. The first-order valence-corrected chi connectivity index (χ1v) is 15.0. The smallest absolute Gasteiger partial charge is 0.272 e. The molecule has 45 heavy (non-hydrogen) atoms. The second kappa shape index (κ2) is 15.0. The van der Waals surface area contributed by atoms with E-state index in [1.54, 1.807) is 78.9 Å². The first-order valence-electron chi connectivity index (χ1n) is 13.8. The number of halogens is 1. The molecule has 1 unspecified atom stereocenters. The molecule has 0 saturated heterocycles. The van der Waals surface area contributed by atoms with E-state index in [4.69, 9.17) is 20.8 Å². The maximum absolute atomic E-state index is 13.7. The minimum Gasteiger partial charge on any atom is -0.495 e. The molecule has 1 atom stereocenters. The summed E-state index contributed by atoms with van der Waals surface area (Å²) in [6.07, 6.45) is 2.93. The van der Waals surface area contributed by atoms with Crippen molar-refractivity contribution in [2.45, 2.75) is 10.1 Å². The van der Waals surface area contributed by atoms with E-state index in [-0.39, 0.29) is 11.6 Å². The summed E-state index contributed by atoms with van der Waals surface area (Å²) in [5, 5.41) is 8.27. The Morgan fingerprint density at radius 2 is 1.60 bits per heavy atom. The molecule has 4 aromatic carbocycles. The highest BCUT2D eigenvalue weighted by molar-refractivity contribution is 8.00. The molecule has 226 valence electrons. The highest BCUT2D eigenvalue weighted by Gasteiger charge is 2.24. The van der Waals surface area contributed by atoms with Gasteiger partial charge in [0.1, 0.15) is 22.5 Å². The number of anilines is 2. The molecule has 8 nitrogen and oxygen atoms in total. The summed E-state index contributed by atoms with van der Waals surface area (Å²) in [5.74, 6) is -0.407. The molecule has 3 N–H and O–H groups in total. The van der Waals surface area contributed by atoms with Crippen molar-refractivity contribution in [2.75, 3.05) is 17.7 Å². The van der Waals surface area contributed by atoms with Crippen LogP contribution in [0.15, 0.2) is 137 Å². The molecule has 0 bridgehead atoms. The van der Waals surface area contributed by atoms with Gasteiger partial charge in [-0.05, 0) is 66.2 Å². The number of nitrogens with one attached hydrogen (secondary N) is 3. The van der Waals surface area contributed by atoms with Crippen molar-refractivity contribution in [3.63, 3.8) is 0 Å². The van der Waals surface area contributed by atoms with Crippen LogP contribution in [-0.2, 0) is 9.59 Å². The normalized spacial score (nSPS) is 11.7. The van der Waals surface area contributed by atoms with Gasteiger partial charge in [-0.3, -0.25) is 14.4 Å². The summed E-state index contributed by atoms with van der Waals surface area (Å²) in [7, 11) is 1.52. The number of rotatable bonds is 11. The molecule has 5 aromatic rings. The van der Waals surface area contributed by atoms with Gasteiger partial charge < -0.3 is 25.1 Å².